The monoisotopic (exact) mass is 355 g/mol. The molecule has 132 valence electrons. The van der Waals surface area contributed by atoms with E-state index in [1.54, 1.807) is 12.1 Å². The summed E-state index contributed by atoms with van der Waals surface area (Å²) in [5, 5.41) is 9.00. The third kappa shape index (κ3) is 2.94. The average Bonchev–Trinajstić information content (AvgIpc) is 3.01. The van der Waals surface area contributed by atoms with Crippen LogP contribution in [0.5, 0.6) is 0 Å². The van der Waals surface area contributed by atoms with Crippen LogP contribution in [0.1, 0.15) is 10.4 Å². The Morgan fingerprint density at radius 2 is 1.96 bits per heavy atom. The van der Waals surface area contributed by atoms with E-state index in [0.717, 1.165) is 15.5 Å². The number of pyridine rings is 1. The highest BCUT2D eigenvalue weighted by Crippen LogP contribution is 2.38. The number of carbonyl (C=O) groups excluding carboxylic acids is 1. The molecule has 1 N–H and O–H groups in total. The Kier molecular flexibility index (Phi) is 3.97. The van der Waals surface area contributed by atoms with Crippen LogP contribution in [0.4, 0.5) is 13.2 Å². The lowest BCUT2D eigenvalue weighted by atomic mass is 9.96. The van der Waals surface area contributed by atoms with Gasteiger partial charge in [0.2, 0.25) is 0 Å². The summed E-state index contributed by atoms with van der Waals surface area (Å²) in [5.41, 5.74) is -0.851. The Hall–Kier alpha value is -2.91. The summed E-state index contributed by atoms with van der Waals surface area (Å²) in [6.07, 6.45) is -2.38. The quantitative estimate of drug-likeness (QED) is 0.869. The average molecular weight is 355 g/mol. The second kappa shape index (κ2) is 5.87. The van der Waals surface area contributed by atoms with E-state index >= 15 is 0 Å². The summed E-state index contributed by atoms with van der Waals surface area (Å²) < 4.78 is 40.2. The van der Waals surface area contributed by atoms with Crippen LogP contribution in [0.15, 0.2) is 35.4 Å². The van der Waals surface area contributed by atoms with Gasteiger partial charge in [-0.3, -0.25) is 18.8 Å². The van der Waals surface area contributed by atoms with Crippen LogP contribution in [-0.2, 0) is 4.79 Å². The van der Waals surface area contributed by atoms with E-state index in [4.69, 9.17) is 5.11 Å². The molecule has 0 radical (unpaired) electrons. The number of fused-ring (bicyclic) bond motifs is 1. The molecular formula is C15H12F3N3O4. The number of halogens is 3. The van der Waals surface area contributed by atoms with Gasteiger partial charge >= 0.3 is 12.1 Å². The van der Waals surface area contributed by atoms with Gasteiger partial charge in [0.1, 0.15) is 11.2 Å². The molecule has 1 aliphatic heterocycles. The first-order valence-electron chi connectivity index (χ1n) is 7.25. The lowest BCUT2D eigenvalue weighted by Gasteiger charge is -2.18. The number of alkyl halides is 3. The van der Waals surface area contributed by atoms with Gasteiger partial charge in [0.25, 0.3) is 11.5 Å². The van der Waals surface area contributed by atoms with Crippen molar-refractivity contribution >= 4 is 17.5 Å². The Balaban J connectivity index is 1.95. The molecule has 1 saturated heterocycles. The maximum atomic E-state index is 13.0. The summed E-state index contributed by atoms with van der Waals surface area (Å²) in [5.74, 6) is -6.54. The van der Waals surface area contributed by atoms with Crippen molar-refractivity contribution in [3.63, 3.8) is 0 Å². The molecule has 10 heteroatoms. The van der Waals surface area contributed by atoms with Gasteiger partial charge in [-0.1, -0.05) is 6.07 Å². The Morgan fingerprint density at radius 1 is 1.24 bits per heavy atom. The first-order valence-corrected chi connectivity index (χ1v) is 7.25. The first kappa shape index (κ1) is 16.9. The van der Waals surface area contributed by atoms with E-state index < -0.39 is 54.1 Å². The molecule has 2 atom stereocenters. The number of likely N-dealkylation sites (tertiary alicyclic amines) is 1. The summed E-state index contributed by atoms with van der Waals surface area (Å²) in [7, 11) is 0. The molecule has 0 unspecified atom stereocenters. The number of carbonyl (C=O) groups is 2. The molecule has 1 aliphatic rings. The highest BCUT2D eigenvalue weighted by Gasteiger charge is 2.53. The second-order valence-electron chi connectivity index (χ2n) is 5.71. The summed E-state index contributed by atoms with van der Waals surface area (Å²) in [6, 6.07) is 4.71. The normalized spacial score (nSPS) is 20.8. The van der Waals surface area contributed by atoms with E-state index in [1.165, 1.54) is 12.3 Å². The van der Waals surface area contributed by atoms with Gasteiger partial charge in [-0.25, -0.2) is 4.98 Å². The van der Waals surface area contributed by atoms with Gasteiger partial charge in [0.15, 0.2) is 0 Å². The van der Waals surface area contributed by atoms with E-state index in [2.05, 4.69) is 4.98 Å². The molecular weight excluding hydrogens is 343 g/mol. The third-order valence-electron chi connectivity index (χ3n) is 4.19. The van der Waals surface area contributed by atoms with Gasteiger partial charge < -0.3 is 10.0 Å². The molecule has 3 heterocycles. The van der Waals surface area contributed by atoms with Crippen LogP contribution in [0.2, 0.25) is 0 Å². The van der Waals surface area contributed by atoms with Gasteiger partial charge in [0, 0.05) is 25.5 Å². The highest BCUT2D eigenvalue weighted by atomic mass is 19.4. The fourth-order valence-corrected chi connectivity index (χ4v) is 2.90. The second-order valence-corrected chi connectivity index (χ2v) is 5.71. The molecule has 3 rings (SSSR count). The molecule has 25 heavy (non-hydrogen) atoms. The van der Waals surface area contributed by atoms with Crippen LogP contribution < -0.4 is 5.56 Å². The van der Waals surface area contributed by atoms with Crippen molar-refractivity contribution in [2.75, 3.05) is 13.1 Å². The number of carboxylic acid groups (broad SMARTS) is 1. The lowest BCUT2D eigenvalue weighted by Crippen LogP contribution is -2.36. The van der Waals surface area contributed by atoms with Gasteiger partial charge in [0.05, 0.1) is 11.8 Å². The van der Waals surface area contributed by atoms with Crippen molar-refractivity contribution in [2.45, 2.75) is 6.18 Å². The number of amides is 1. The van der Waals surface area contributed by atoms with Crippen molar-refractivity contribution in [3.8, 4) is 0 Å². The Morgan fingerprint density at radius 3 is 2.56 bits per heavy atom. The van der Waals surface area contributed by atoms with Crippen LogP contribution in [0.3, 0.4) is 0 Å². The zero-order chi connectivity index (χ0) is 18.4. The molecule has 1 fully saturated rings. The third-order valence-corrected chi connectivity index (χ3v) is 4.19. The standard InChI is InChI=1S/C15H12F3N3O4/c16-15(17,18)10-7-20(6-9(10)14(24)25)12(22)8-5-19-11-3-1-2-4-21(11)13(8)23/h1-5,9-10H,6-7H2,(H,24,25)/t9-,10-/m1/s1. The summed E-state index contributed by atoms with van der Waals surface area (Å²) in [6.45, 7) is -1.43. The smallest absolute Gasteiger partial charge is 0.394 e. The van der Waals surface area contributed by atoms with Crippen molar-refractivity contribution < 1.29 is 27.9 Å². The van der Waals surface area contributed by atoms with Crippen molar-refractivity contribution in [1.29, 1.82) is 0 Å². The minimum Gasteiger partial charge on any atom is -0.481 e. The Bertz CT molecular complexity index is 909. The number of hydrogen-bond donors (Lipinski definition) is 1. The molecule has 2 aromatic rings. The molecule has 1 amide bonds. The molecule has 0 spiro atoms. The zero-order valence-corrected chi connectivity index (χ0v) is 12.6. The van der Waals surface area contributed by atoms with E-state index in [9.17, 15) is 27.6 Å². The van der Waals surface area contributed by atoms with Crippen molar-refractivity contribution in [1.82, 2.24) is 14.3 Å². The predicted octanol–water partition coefficient (Wildman–Crippen LogP) is 1.03. The van der Waals surface area contributed by atoms with E-state index in [0.29, 0.717) is 0 Å². The molecule has 0 bridgehead atoms. The highest BCUT2D eigenvalue weighted by molar-refractivity contribution is 5.94. The fraction of sp³-hybridized carbons (Fsp3) is 0.333. The largest absolute Gasteiger partial charge is 0.481 e. The minimum atomic E-state index is -4.76. The molecule has 0 aromatic carbocycles. The number of rotatable bonds is 2. The molecule has 0 aliphatic carbocycles. The fourth-order valence-electron chi connectivity index (χ4n) is 2.90. The lowest BCUT2D eigenvalue weighted by molar-refractivity contribution is -0.187. The number of aliphatic carboxylic acids is 1. The van der Waals surface area contributed by atoms with Crippen LogP contribution >= 0.6 is 0 Å². The van der Waals surface area contributed by atoms with Gasteiger partial charge in [-0.15, -0.1) is 0 Å². The van der Waals surface area contributed by atoms with Crippen molar-refractivity contribution in [2.24, 2.45) is 11.8 Å². The van der Waals surface area contributed by atoms with Crippen LogP contribution in [0, 0.1) is 11.8 Å². The van der Waals surface area contributed by atoms with Crippen molar-refractivity contribution in [3.05, 3.63) is 46.5 Å². The number of hydrogen-bond acceptors (Lipinski definition) is 4. The summed E-state index contributed by atoms with van der Waals surface area (Å²) in [4.78, 5) is 40.6. The van der Waals surface area contributed by atoms with Gasteiger partial charge in [-0.05, 0) is 12.1 Å². The SMILES string of the molecule is O=C(O)[C@@H]1CN(C(=O)c2cnc3ccccn3c2=O)C[C@H]1C(F)(F)F. The molecule has 7 nitrogen and oxygen atoms in total. The maximum Gasteiger partial charge on any atom is 0.394 e. The predicted molar refractivity (Wildman–Crippen MR) is 78.0 cm³/mol. The zero-order valence-electron chi connectivity index (χ0n) is 12.6. The van der Waals surface area contributed by atoms with Gasteiger partial charge in [-0.2, -0.15) is 13.2 Å². The minimum absolute atomic E-state index is 0.280. The summed E-state index contributed by atoms with van der Waals surface area (Å²) >= 11 is 0. The van der Waals surface area contributed by atoms with Crippen LogP contribution in [-0.4, -0.2) is 50.5 Å². The maximum absolute atomic E-state index is 13.0. The van der Waals surface area contributed by atoms with E-state index in [1.807, 2.05) is 0 Å². The first-order chi connectivity index (χ1) is 11.7. The topological polar surface area (TPSA) is 92.0 Å². The number of carboxylic acids is 1. The Labute approximate surface area is 138 Å². The van der Waals surface area contributed by atoms with Crippen LogP contribution in [0.25, 0.3) is 5.65 Å². The number of aromatic nitrogens is 2. The number of nitrogens with zero attached hydrogens (tertiary/aromatic N) is 3. The molecule has 2 aromatic heterocycles. The van der Waals surface area contributed by atoms with E-state index in [-0.39, 0.29) is 5.65 Å². The molecule has 0 saturated carbocycles.